The third kappa shape index (κ3) is 1.96. The molecule has 0 spiro atoms. The van der Waals surface area contributed by atoms with Gasteiger partial charge in [-0.1, -0.05) is 11.6 Å². The van der Waals surface area contributed by atoms with Crippen molar-refractivity contribution >= 4 is 29.0 Å². The van der Waals surface area contributed by atoms with Crippen LogP contribution < -0.4 is 4.90 Å². The highest BCUT2D eigenvalue weighted by Gasteiger charge is 2.37. The summed E-state index contributed by atoms with van der Waals surface area (Å²) in [6.07, 6.45) is 5.81. The lowest BCUT2D eigenvalue weighted by Crippen LogP contribution is -2.30. The van der Waals surface area contributed by atoms with Crippen LogP contribution in [0, 0.1) is 0 Å². The molecule has 0 N–H and O–H groups in total. The molecule has 2 heterocycles. The number of halogens is 1. The predicted molar refractivity (Wildman–Crippen MR) is 77.5 cm³/mol. The van der Waals surface area contributed by atoms with Gasteiger partial charge in [0.1, 0.15) is 0 Å². The second kappa shape index (κ2) is 4.43. The van der Waals surface area contributed by atoms with Gasteiger partial charge in [0.05, 0.1) is 29.8 Å². The van der Waals surface area contributed by atoms with Crippen molar-refractivity contribution in [1.29, 1.82) is 0 Å². The molecule has 1 aliphatic heterocycles. The van der Waals surface area contributed by atoms with Gasteiger partial charge in [-0.15, -0.1) is 0 Å². The summed E-state index contributed by atoms with van der Waals surface area (Å²) in [5.41, 5.74) is 1.94. The van der Waals surface area contributed by atoms with E-state index in [0.29, 0.717) is 28.9 Å². The average molecular weight is 302 g/mol. The van der Waals surface area contributed by atoms with Crippen LogP contribution in [0.25, 0.3) is 0 Å². The van der Waals surface area contributed by atoms with Gasteiger partial charge in [-0.25, -0.2) is 4.98 Å². The number of ketones is 1. The van der Waals surface area contributed by atoms with Gasteiger partial charge >= 0.3 is 0 Å². The second-order valence-electron chi connectivity index (χ2n) is 5.41. The van der Waals surface area contributed by atoms with Crippen LogP contribution in [0.15, 0.2) is 30.7 Å². The summed E-state index contributed by atoms with van der Waals surface area (Å²) in [6.45, 7) is 0.342. The number of carbonyl (C=O) groups excluding carboxylic acids is 2. The minimum Gasteiger partial charge on any atom is -0.330 e. The molecule has 0 bridgehead atoms. The Balaban J connectivity index is 1.72. The second-order valence-corrected chi connectivity index (χ2v) is 5.84. The maximum Gasteiger partial charge on any atom is 0.299 e. The first-order chi connectivity index (χ1) is 10.1. The Bertz CT molecular complexity index is 764. The number of rotatable bonds is 3. The van der Waals surface area contributed by atoms with Crippen LogP contribution in [0.2, 0.25) is 5.02 Å². The zero-order chi connectivity index (χ0) is 14.6. The minimum absolute atomic E-state index is 0.342. The Morgan fingerprint density at radius 1 is 1.29 bits per heavy atom. The van der Waals surface area contributed by atoms with E-state index >= 15 is 0 Å². The van der Waals surface area contributed by atoms with Gasteiger partial charge in [0.15, 0.2) is 0 Å². The predicted octanol–water partition coefficient (Wildman–Crippen LogP) is 2.60. The third-order valence-corrected chi connectivity index (χ3v) is 4.18. The topological polar surface area (TPSA) is 55.2 Å². The Morgan fingerprint density at radius 2 is 2.10 bits per heavy atom. The van der Waals surface area contributed by atoms with Crippen molar-refractivity contribution in [3.63, 3.8) is 0 Å². The first kappa shape index (κ1) is 12.6. The lowest BCUT2D eigenvalue weighted by atomic mass is 10.1. The highest BCUT2D eigenvalue weighted by molar-refractivity contribution is 6.52. The number of Topliss-reactive ketones (excluding diaryl/α,β-unsaturated/α-hetero) is 1. The molecular formula is C15H12ClN3O2. The van der Waals surface area contributed by atoms with Gasteiger partial charge in [0.2, 0.25) is 0 Å². The summed E-state index contributed by atoms with van der Waals surface area (Å²) in [5.74, 6) is -0.977. The molecule has 1 fully saturated rings. The van der Waals surface area contributed by atoms with Gasteiger partial charge < -0.3 is 4.57 Å². The van der Waals surface area contributed by atoms with Crippen LogP contribution in [0.1, 0.15) is 34.9 Å². The van der Waals surface area contributed by atoms with E-state index in [2.05, 4.69) is 9.55 Å². The normalized spacial score (nSPS) is 17.5. The first-order valence-corrected chi connectivity index (χ1v) is 7.19. The van der Waals surface area contributed by atoms with Crippen molar-refractivity contribution in [3.8, 4) is 0 Å². The Kier molecular flexibility index (Phi) is 2.65. The zero-order valence-corrected chi connectivity index (χ0v) is 11.9. The number of anilines is 1. The molecule has 21 heavy (non-hydrogen) atoms. The van der Waals surface area contributed by atoms with Crippen molar-refractivity contribution in [2.75, 3.05) is 4.90 Å². The molecule has 1 aromatic carbocycles. The number of aromatic nitrogens is 2. The molecule has 1 aliphatic carbocycles. The highest BCUT2D eigenvalue weighted by atomic mass is 35.5. The first-order valence-electron chi connectivity index (χ1n) is 6.81. The third-order valence-electron chi connectivity index (χ3n) is 3.94. The number of imidazole rings is 1. The molecule has 6 heteroatoms. The fraction of sp³-hybridized carbons (Fsp3) is 0.267. The van der Waals surface area contributed by atoms with E-state index in [1.807, 2.05) is 0 Å². The minimum atomic E-state index is -0.504. The van der Waals surface area contributed by atoms with Crippen molar-refractivity contribution in [3.05, 3.63) is 47.0 Å². The molecule has 1 saturated carbocycles. The van der Waals surface area contributed by atoms with E-state index in [9.17, 15) is 9.59 Å². The molecule has 0 radical (unpaired) electrons. The molecule has 0 atom stereocenters. The number of fused-ring (bicyclic) bond motifs is 1. The maximum absolute atomic E-state index is 12.2. The molecule has 0 unspecified atom stereocenters. The van der Waals surface area contributed by atoms with E-state index < -0.39 is 11.7 Å². The number of nitrogens with zero attached hydrogens (tertiary/aromatic N) is 3. The fourth-order valence-corrected chi connectivity index (χ4v) is 2.89. The Labute approximate surface area is 126 Å². The van der Waals surface area contributed by atoms with Gasteiger partial charge in [0.25, 0.3) is 11.7 Å². The number of hydrogen-bond donors (Lipinski definition) is 0. The van der Waals surface area contributed by atoms with Crippen LogP contribution >= 0.6 is 11.6 Å². The number of carbonyl (C=O) groups is 2. The summed E-state index contributed by atoms with van der Waals surface area (Å²) in [4.78, 5) is 29.9. The molecule has 0 saturated heterocycles. The van der Waals surface area contributed by atoms with Crippen molar-refractivity contribution in [1.82, 2.24) is 9.55 Å². The molecule has 2 aromatic rings. The lowest BCUT2D eigenvalue weighted by Gasteiger charge is -2.17. The molecule has 5 nitrogen and oxygen atoms in total. The molecule has 106 valence electrons. The summed E-state index contributed by atoms with van der Waals surface area (Å²) >= 11 is 5.99. The van der Waals surface area contributed by atoms with E-state index in [4.69, 9.17) is 11.6 Å². The largest absolute Gasteiger partial charge is 0.330 e. The quantitative estimate of drug-likeness (QED) is 0.819. The summed E-state index contributed by atoms with van der Waals surface area (Å²) in [5, 5.41) is 0.511. The van der Waals surface area contributed by atoms with Gasteiger partial charge in [0, 0.05) is 17.3 Å². The van der Waals surface area contributed by atoms with Crippen molar-refractivity contribution in [2.24, 2.45) is 0 Å². The number of benzene rings is 1. The number of amides is 1. The highest BCUT2D eigenvalue weighted by Crippen LogP contribution is 2.37. The van der Waals surface area contributed by atoms with Gasteiger partial charge in [-0.2, -0.15) is 0 Å². The van der Waals surface area contributed by atoms with Crippen molar-refractivity contribution < 1.29 is 9.59 Å². The van der Waals surface area contributed by atoms with Crippen LogP contribution in [0.5, 0.6) is 0 Å². The Morgan fingerprint density at radius 3 is 2.86 bits per heavy atom. The van der Waals surface area contributed by atoms with E-state index in [1.54, 1.807) is 30.7 Å². The van der Waals surface area contributed by atoms with Gasteiger partial charge in [-0.3, -0.25) is 14.5 Å². The summed E-state index contributed by atoms with van der Waals surface area (Å²) < 4.78 is 2.08. The van der Waals surface area contributed by atoms with Crippen LogP contribution in [-0.4, -0.2) is 21.2 Å². The SMILES string of the molecule is O=C1C(=O)N(Cc2cncn2C2CC2)c2cc(Cl)ccc21. The van der Waals surface area contributed by atoms with E-state index in [-0.39, 0.29) is 0 Å². The average Bonchev–Trinajstić information content (AvgIpc) is 3.17. The smallest absolute Gasteiger partial charge is 0.299 e. The molecule has 2 aliphatic rings. The molecule has 1 aromatic heterocycles. The van der Waals surface area contributed by atoms with E-state index in [0.717, 1.165) is 18.5 Å². The van der Waals surface area contributed by atoms with Crippen LogP contribution in [0.4, 0.5) is 5.69 Å². The Hall–Kier alpha value is -2.14. The maximum atomic E-state index is 12.2. The van der Waals surface area contributed by atoms with Crippen molar-refractivity contribution in [2.45, 2.75) is 25.4 Å². The number of hydrogen-bond acceptors (Lipinski definition) is 3. The van der Waals surface area contributed by atoms with Gasteiger partial charge in [-0.05, 0) is 31.0 Å². The zero-order valence-electron chi connectivity index (χ0n) is 11.1. The summed E-state index contributed by atoms with van der Waals surface area (Å²) in [7, 11) is 0. The van der Waals surface area contributed by atoms with Crippen LogP contribution in [-0.2, 0) is 11.3 Å². The molecule has 4 rings (SSSR count). The monoisotopic (exact) mass is 301 g/mol. The van der Waals surface area contributed by atoms with E-state index in [1.165, 1.54) is 4.90 Å². The van der Waals surface area contributed by atoms with Crippen LogP contribution in [0.3, 0.4) is 0 Å². The fourth-order valence-electron chi connectivity index (χ4n) is 2.72. The lowest BCUT2D eigenvalue weighted by molar-refractivity contribution is -0.114. The molecular weight excluding hydrogens is 290 g/mol. The summed E-state index contributed by atoms with van der Waals surface area (Å²) in [6, 6.07) is 5.38. The standard InChI is InChI=1S/C15H12ClN3O2/c16-9-1-4-12-13(5-9)18(15(21)14(12)20)7-11-6-17-8-19(11)10-2-3-10/h1,4-6,8,10H,2-3,7H2. The molecule has 1 amide bonds.